The molecule has 24 heavy (non-hydrogen) atoms. The molecule has 0 nitrogen and oxygen atoms in total. The fourth-order valence-electron chi connectivity index (χ4n) is 2.58. The van der Waals surface area contributed by atoms with E-state index in [4.69, 9.17) is 17.0 Å². The van der Waals surface area contributed by atoms with Crippen LogP contribution in [0.4, 0.5) is 0 Å². The van der Waals surface area contributed by atoms with Gasteiger partial charge in [0, 0.05) is 8.80 Å². The zero-order valence-electron chi connectivity index (χ0n) is 13.8. The normalized spacial score (nSPS) is 9.88. The molecule has 4 heteroatoms. The van der Waals surface area contributed by atoms with Crippen LogP contribution in [0, 0.1) is 0 Å². The Kier molecular flexibility index (Phi) is 8.49. The van der Waals surface area contributed by atoms with Crippen molar-refractivity contribution < 1.29 is 20.8 Å². The van der Waals surface area contributed by atoms with E-state index in [2.05, 4.69) is 92.0 Å². The first-order valence-electron chi connectivity index (χ1n) is 7.87. The molecule has 122 valence electrons. The Morgan fingerprint density at radius 1 is 0.833 bits per heavy atom. The van der Waals surface area contributed by atoms with Crippen LogP contribution in [0.2, 0.25) is 13.1 Å². The van der Waals surface area contributed by atoms with Crippen molar-refractivity contribution in [3.63, 3.8) is 0 Å². The van der Waals surface area contributed by atoms with Crippen LogP contribution in [-0.2, 0) is 20.8 Å². The van der Waals surface area contributed by atoms with E-state index in [9.17, 15) is 0 Å². The summed E-state index contributed by atoms with van der Waals surface area (Å²) in [6.07, 6.45) is 0. The Balaban J connectivity index is 0.000000154. The quantitative estimate of drug-likeness (QED) is 0.240. The molecule has 0 fully saturated rings. The molecule has 0 spiro atoms. The van der Waals surface area contributed by atoms with Crippen molar-refractivity contribution in [2.75, 3.05) is 0 Å². The number of benzene rings is 2. The van der Waals surface area contributed by atoms with Crippen LogP contribution in [0.15, 0.2) is 78.9 Å². The van der Waals surface area contributed by atoms with Crippen LogP contribution >= 0.6 is 17.0 Å². The van der Waals surface area contributed by atoms with Crippen LogP contribution < -0.4 is 5.19 Å². The van der Waals surface area contributed by atoms with Gasteiger partial charge in [-0.15, -0.1) is 59.3 Å². The van der Waals surface area contributed by atoms with E-state index in [1.54, 1.807) is 5.19 Å². The van der Waals surface area contributed by atoms with Gasteiger partial charge in [0.25, 0.3) is 0 Å². The van der Waals surface area contributed by atoms with Crippen LogP contribution in [0.1, 0.15) is 0 Å². The summed E-state index contributed by atoms with van der Waals surface area (Å²) in [5.74, 6) is 0. The second-order valence-corrected chi connectivity index (χ2v) is 12.5. The minimum absolute atomic E-state index is 0.604. The molecule has 4 aromatic rings. The number of halogens is 2. The van der Waals surface area contributed by atoms with E-state index in [0.29, 0.717) is 0 Å². The van der Waals surface area contributed by atoms with E-state index < -0.39 is 29.6 Å². The van der Waals surface area contributed by atoms with Gasteiger partial charge in [0.1, 0.15) is 0 Å². The Hall–Kier alpha value is -0.660. The molecule has 0 radical (unpaired) electrons. The number of hydrogen-bond acceptors (Lipinski definition) is 0. The third-order valence-corrected chi connectivity index (χ3v) is 5.52. The maximum Gasteiger partial charge on any atom is -0.0809 e. The standard InChI is InChI=1S/C11H13Si.C9H7.2ClH.Zr/c1-12(2)11-7-9-5-3-4-6-10(9)8-11;1-2-5-9-7-3-6-8(9)4-1;;;/h3-8,12H,1-2H3;1-7H;2*1H;/q2*-1;;;+4/p-2. The van der Waals surface area contributed by atoms with Crippen molar-refractivity contribution in [1.82, 2.24) is 0 Å². The monoisotopic (exact) mass is 448 g/mol. The molecular weight excluding hydrogens is 430 g/mol. The van der Waals surface area contributed by atoms with E-state index >= 15 is 0 Å². The second-order valence-electron chi connectivity index (χ2n) is 5.80. The van der Waals surface area contributed by atoms with Crippen molar-refractivity contribution in [3.8, 4) is 0 Å². The van der Waals surface area contributed by atoms with Crippen molar-refractivity contribution in [3.05, 3.63) is 78.9 Å². The first-order chi connectivity index (χ1) is 11.7. The molecule has 0 heterocycles. The fourth-order valence-corrected chi connectivity index (χ4v) is 3.60. The number of rotatable bonds is 1. The molecule has 0 saturated carbocycles. The van der Waals surface area contributed by atoms with E-state index in [1.807, 2.05) is 0 Å². The van der Waals surface area contributed by atoms with Crippen LogP contribution in [-0.4, -0.2) is 8.80 Å². The van der Waals surface area contributed by atoms with Gasteiger partial charge in [0.2, 0.25) is 0 Å². The molecule has 4 rings (SSSR count). The summed E-state index contributed by atoms with van der Waals surface area (Å²) in [5.41, 5.74) is 0. The summed E-state index contributed by atoms with van der Waals surface area (Å²) < 4.78 is 0. The van der Waals surface area contributed by atoms with Gasteiger partial charge in [-0.1, -0.05) is 25.2 Å². The third-order valence-electron chi connectivity index (χ3n) is 3.85. The molecule has 0 aliphatic carbocycles. The molecule has 0 bridgehead atoms. The average molecular weight is 451 g/mol. The molecule has 0 aliphatic heterocycles. The third kappa shape index (κ3) is 5.70. The predicted octanol–water partition coefficient (Wildman–Crippen LogP) is 6.19. The summed E-state index contributed by atoms with van der Waals surface area (Å²) in [6.45, 7) is 4.74. The molecular formula is C20H20Cl2SiZr. The summed E-state index contributed by atoms with van der Waals surface area (Å²) in [5, 5.41) is 7.04. The van der Waals surface area contributed by atoms with E-state index in [0.717, 1.165) is 0 Å². The van der Waals surface area contributed by atoms with Gasteiger partial charge in [0.15, 0.2) is 0 Å². The number of hydrogen-bond donors (Lipinski definition) is 0. The maximum absolute atomic E-state index is 4.93. The van der Waals surface area contributed by atoms with E-state index in [-0.39, 0.29) is 0 Å². The smallest absolute Gasteiger partial charge is 0.0809 e. The molecule has 0 aromatic heterocycles. The van der Waals surface area contributed by atoms with Gasteiger partial charge in [-0.3, -0.25) is 0 Å². The second kappa shape index (κ2) is 10.4. The van der Waals surface area contributed by atoms with Gasteiger partial charge in [-0.05, 0) is 0 Å². The molecule has 0 N–H and O–H groups in total. The first-order valence-corrected chi connectivity index (χ1v) is 17.1. The van der Waals surface area contributed by atoms with Crippen LogP contribution in [0.3, 0.4) is 0 Å². The van der Waals surface area contributed by atoms with Gasteiger partial charge in [0.05, 0.1) is 0 Å². The Morgan fingerprint density at radius 3 is 2.00 bits per heavy atom. The molecule has 0 atom stereocenters. The van der Waals surface area contributed by atoms with Crippen molar-refractivity contribution in [2.24, 2.45) is 0 Å². The zero-order valence-corrected chi connectivity index (χ0v) is 19.0. The molecule has 0 unspecified atom stereocenters. The maximum atomic E-state index is 4.93. The molecule has 0 saturated heterocycles. The summed E-state index contributed by atoms with van der Waals surface area (Å²) in [7, 11) is 9.26. The summed E-state index contributed by atoms with van der Waals surface area (Å²) in [4.78, 5) is 0. The molecule has 0 amide bonds. The number of fused-ring (bicyclic) bond motifs is 2. The van der Waals surface area contributed by atoms with Gasteiger partial charge >= 0.3 is 37.9 Å². The van der Waals surface area contributed by atoms with Crippen LogP contribution in [0.5, 0.6) is 0 Å². The SMILES string of the molecule is C[SiH](C)c1cc2ccccc2[cH-]1.[Cl][Zr+2][Cl].c1ccc2[cH-]ccc2c1. The Morgan fingerprint density at radius 2 is 1.42 bits per heavy atom. The average Bonchev–Trinajstić information content (AvgIpc) is 3.23. The Labute approximate surface area is 164 Å². The summed E-state index contributed by atoms with van der Waals surface area (Å²) in [6, 6.07) is 27.9. The summed E-state index contributed by atoms with van der Waals surface area (Å²) >= 11 is -0.826. The minimum Gasteiger partial charge on any atom is -0.168 e. The Bertz CT molecular complexity index is 801. The van der Waals surface area contributed by atoms with Gasteiger partial charge in [-0.2, -0.15) is 34.2 Å². The zero-order chi connectivity index (χ0) is 17.4. The first kappa shape index (κ1) is 19.7. The van der Waals surface area contributed by atoms with Crippen molar-refractivity contribution in [2.45, 2.75) is 13.1 Å². The van der Waals surface area contributed by atoms with Crippen molar-refractivity contribution in [1.29, 1.82) is 0 Å². The van der Waals surface area contributed by atoms with Gasteiger partial charge in [-0.25, -0.2) is 0 Å². The molecule has 4 aromatic carbocycles. The van der Waals surface area contributed by atoms with Crippen molar-refractivity contribution >= 4 is 52.6 Å². The topological polar surface area (TPSA) is 0 Å². The van der Waals surface area contributed by atoms with Crippen LogP contribution in [0.25, 0.3) is 21.5 Å². The largest absolute Gasteiger partial charge is 0.168 e. The fraction of sp³-hybridized carbons (Fsp3) is 0.100. The van der Waals surface area contributed by atoms with E-state index in [1.165, 1.54) is 21.5 Å². The molecule has 0 aliphatic rings. The predicted molar refractivity (Wildman–Crippen MR) is 109 cm³/mol. The minimum atomic E-state index is -0.826. The van der Waals surface area contributed by atoms with Gasteiger partial charge < -0.3 is 0 Å².